The van der Waals surface area contributed by atoms with Crippen molar-refractivity contribution in [3.05, 3.63) is 5.82 Å². The van der Waals surface area contributed by atoms with Gasteiger partial charge in [0.15, 0.2) is 5.82 Å². The van der Waals surface area contributed by atoms with Crippen molar-refractivity contribution >= 4 is 6.09 Å². The van der Waals surface area contributed by atoms with Crippen LogP contribution in [0.25, 0.3) is 0 Å². The van der Waals surface area contributed by atoms with Crippen LogP contribution in [0, 0.1) is 0 Å². The Morgan fingerprint density at radius 1 is 1.36 bits per heavy atom. The van der Waals surface area contributed by atoms with Gasteiger partial charge in [-0.2, -0.15) is 0 Å². The first kappa shape index (κ1) is 9.11. The van der Waals surface area contributed by atoms with Crippen LogP contribution in [0.2, 0.25) is 0 Å². The fourth-order valence-electron chi connectivity index (χ4n) is 1.95. The fraction of sp³-hybridized carbons (Fsp3) is 0.750. The lowest BCUT2D eigenvalue weighted by Crippen LogP contribution is -2.18. The van der Waals surface area contributed by atoms with Gasteiger partial charge >= 0.3 is 6.09 Å². The summed E-state index contributed by atoms with van der Waals surface area (Å²) in [6.07, 6.45) is 4.39. The number of carboxylic acid groups (broad SMARTS) is 1. The van der Waals surface area contributed by atoms with Gasteiger partial charge in [-0.3, -0.25) is 0 Å². The molecular formula is C8H12N4O2. The first-order valence-electron chi connectivity index (χ1n) is 4.80. The second-order valence-electron chi connectivity index (χ2n) is 3.57. The first-order chi connectivity index (χ1) is 6.79. The summed E-state index contributed by atoms with van der Waals surface area (Å²) in [5.74, 6) is 0.715. The van der Waals surface area contributed by atoms with Crippen molar-refractivity contribution in [1.82, 2.24) is 20.2 Å². The molecule has 1 heterocycles. The third kappa shape index (κ3) is 1.59. The van der Waals surface area contributed by atoms with Crippen LogP contribution in [0.15, 0.2) is 0 Å². The molecule has 0 atom stereocenters. The highest BCUT2D eigenvalue weighted by molar-refractivity contribution is 5.67. The summed E-state index contributed by atoms with van der Waals surface area (Å²) in [6, 6.07) is 0. The topological polar surface area (TPSA) is 80.9 Å². The Balaban J connectivity index is 2.21. The third-order valence-corrected chi connectivity index (χ3v) is 2.65. The zero-order valence-corrected chi connectivity index (χ0v) is 7.76. The van der Waals surface area contributed by atoms with Crippen molar-refractivity contribution in [2.45, 2.75) is 38.0 Å². The molecule has 1 aliphatic carbocycles. The molecule has 1 aliphatic rings. The molecule has 14 heavy (non-hydrogen) atoms. The number of hydrogen-bond acceptors (Lipinski definition) is 4. The highest BCUT2D eigenvalue weighted by Crippen LogP contribution is 2.30. The molecule has 2 rings (SSSR count). The van der Waals surface area contributed by atoms with Crippen LogP contribution in [0.1, 0.15) is 43.8 Å². The lowest BCUT2D eigenvalue weighted by molar-refractivity contribution is 0.190. The number of hydrogen-bond donors (Lipinski definition) is 1. The predicted octanol–water partition coefficient (Wildman–Crippen LogP) is 1.25. The van der Waals surface area contributed by atoms with E-state index < -0.39 is 6.09 Å². The normalized spacial score (nSPS) is 18.3. The minimum atomic E-state index is -1.10. The molecule has 0 unspecified atom stereocenters. The van der Waals surface area contributed by atoms with Crippen molar-refractivity contribution in [3.63, 3.8) is 0 Å². The Kier molecular flexibility index (Phi) is 2.43. The van der Waals surface area contributed by atoms with E-state index in [4.69, 9.17) is 5.11 Å². The molecule has 0 amide bonds. The Hall–Kier alpha value is -1.46. The Morgan fingerprint density at radius 2 is 2.07 bits per heavy atom. The van der Waals surface area contributed by atoms with E-state index in [1.54, 1.807) is 0 Å². The van der Waals surface area contributed by atoms with E-state index in [2.05, 4.69) is 15.5 Å². The zero-order chi connectivity index (χ0) is 9.97. The average molecular weight is 196 g/mol. The lowest BCUT2D eigenvalue weighted by atomic mass is 9.89. The molecule has 0 saturated heterocycles. The maximum absolute atomic E-state index is 10.7. The second-order valence-corrected chi connectivity index (χ2v) is 3.57. The van der Waals surface area contributed by atoms with Crippen LogP contribution in [-0.2, 0) is 0 Å². The lowest BCUT2D eigenvalue weighted by Gasteiger charge is -2.19. The van der Waals surface area contributed by atoms with Crippen molar-refractivity contribution in [2.75, 3.05) is 0 Å². The summed E-state index contributed by atoms with van der Waals surface area (Å²) in [5.41, 5.74) is 0. The van der Waals surface area contributed by atoms with E-state index in [0.29, 0.717) is 5.82 Å². The molecule has 6 heteroatoms. The van der Waals surface area contributed by atoms with Crippen LogP contribution >= 0.6 is 0 Å². The van der Waals surface area contributed by atoms with Crippen LogP contribution < -0.4 is 0 Å². The maximum atomic E-state index is 10.7. The molecule has 0 aromatic carbocycles. The Bertz CT molecular complexity index is 330. The molecule has 0 spiro atoms. The molecule has 1 aromatic heterocycles. The highest BCUT2D eigenvalue weighted by atomic mass is 16.4. The molecule has 1 N–H and O–H groups in total. The minimum Gasteiger partial charge on any atom is -0.463 e. The van der Waals surface area contributed by atoms with Gasteiger partial charge in [0.1, 0.15) is 0 Å². The molecule has 0 aliphatic heterocycles. The molecule has 0 radical (unpaired) electrons. The highest BCUT2D eigenvalue weighted by Gasteiger charge is 2.23. The number of tetrazole rings is 1. The summed E-state index contributed by atoms with van der Waals surface area (Å²) >= 11 is 0. The number of aromatic nitrogens is 4. The fourth-order valence-corrected chi connectivity index (χ4v) is 1.95. The van der Waals surface area contributed by atoms with Crippen LogP contribution in [-0.4, -0.2) is 31.4 Å². The molecule has 6 nitrogen and oxygen atoms in total. The van der Waals surface area contributed by atoms with Gasteiger partial charge in [-0.25, -0.2) is 4.79 Å². The monoisotopic (exact) mass is 196 g/mol. The summed E-state index contributed by atoms with van der Waals surface area (Å²) in [5, 5.41) is 19.4. The van der Waals surface area contributed by atoms with Gasteiger partial charge < -0.3 is 5.11 Å². The van der Waals surface area contributed by atoms with Crippen LogP contribution in [0.3, 0.4) is 0 Å². The summed E-state index contributed by atoms with van der Waals surface area (Å²) in [4.78, 5) is 10.7. The van der Waals surface area contributed by atoms with Gasteiger partial charge in [0.05, 0.1) is 0 Å². The van der Waals surface area contributed by atoms with Crippen LogP contribution in [0.4, 0.5) is 4.79 Å². The summed E-state index contributed by atoms with van der Waals surface area (Å²) in [6.45, 7) is 0. The quantitative estimate of drug-likeness (QED) is 0.683. The van der Waals surface area contributed by atoms with Crippen molar-refractivity contribution in [3.8, 4) is 0 Å². The summed E-state index contributed by atoms with van der Waals surface area (Å²) < 4.78 is 0.885. The van der Waals surface area contributed by atoms with Gasteiger partial charge in [0.25, 0.3) is 0 Å². The average Bonchev–Trinajstić information content (AvgIpc) is 2.67. The SMILES string of the molecule is O=C(O)n1nnnc1C1CCCCC1. The largest absolute Gasteiger partial charge is 0.463 e. The van der Waals surface area contributed by atoms with E-state index in [-0.39, 0.29) is 5.92 Å². The molecule has 1 fully saturated rings. The minimum absolute atomic E-state index is 0.217. The van der Waals surface area contributed by atoms with Crippen molar-refractivity contribution < 1.29 is 9.90 Å². The van der Waals surface area contributed by atoms with Gasteiger partial charge in [0, 0.05) is 5.92 Å². The smallest absolute Gasteiger partial charge is 0.435 e. The van der Waals surface area contributed by atoms with Gasteiger partial charge in [-0.1, -0.05) is 19.3 Å². The van der Waals surface area contributed by atoms with E-state index in [0.717, 1.165) is 30.4 Å². The molecule has 0 bridgehead atoms. The zero-order valence-electron chi connectivity index (χ0n) is 7.76. The Labute approximate surface area is 80.9 Å². The third-order valence-electron chi connectivity index (χ3n) is 2.65. The Morgan fingerprint density at radius 3 is 2.71 bits per heavy atom. The van der Waals surface area contributed by atoms with E-state index >= 15 is 0 Å². The standard InChI is InChI=1S/C8H12N4O2/c13-8(14)12-7(9-10-11-12)6-4-2-1-3-5-6/h6H,1-5H2,(H,13,14). The molecule has 1 aromatic rings. The number of nitrogens with zero attached hydrogens (tertiary/aromatic N) is 4. The molecular weight excluding hydrogens is 184 g/mol. The van der Waals surface area contributed by atoms with Crippen molar-refractivity contribution in [2.24, 2.45) is 0 Å². The van der Waals surface area contributed by atoms with Gasteiger partial charge in [0.2, 0.25) is 0 Å². The number of carbonyl (C=O) groups is 1. The first-order valence-corrected chi connectivity index (χ1v) is 4.80. The maximum Gasteiger partial charge on any atom is 0.435 e. The molecule has 76 valence electrons. The van der Waals surface area contributed by atoms with E-state index in [9.17, 15) is 4.79 Å². The van der Waals surface area contributed by atoms with Crippen LogP contribution in [0.5, 0.6) is 0 Å². The second kappa shape index (κ2) is 3.73. The van der Waals surface area contributed by atoms with Gasteiger partial charge in [-0.15, -0.1) is 9.78 Å². The van der Waals surface area contributed by atoms with Crippen molar-refractivity contribution in [1.29, 1.82) is 0 Å². The van der Waals surface area contributed by atoms with E-state index in [1.165, 1.54) is 6.42 Å². The van der Waals surface area contributed by atoms with E-state index in [1.807, 2.05) is 0 Å². The van der Waals surface area contributed by atoms with Gasteiger partial charge in [-0.05, 0) is 23.3 Å². The number of rotatable bonds is 1. The summed E-state index contributed by atoms with van der Waals surface area (Å²) in [7, 11) is 0. The predicted molar refractivity (Wildman–Crippen MR) is 47.1 cm³/mol. The molecule has 1 saturated carbocycles.